The zero-order valence-electron chi connectivity index (χ0n) is 29.1. The molecule has 2 aliphatic rings. The van der Waals surface area contributed by atoms with E-state index in [-0.39, 0.29) is 0 Å². The first-order valence-electron chi connectivity index (χ1n) is 18.3. The summed E-state index contributed by atoms with van der Waals surface area (Å²) in [4.78, 5) is 15.4. The molecule has 0 amide bonds. The van der Waals surface area contributed by atoms with Crippen molar-refractivity contribution in [3.8, 4) is 67.9 Å². The first-order valence-corrected chi connectivity index (χ1v) is 18.3. The summed E-state index contributed by atoms with van der Waals surface area (Å²) in [5, 5.41) is 2.45. The zero-order valence-corrected chi connectivity index (χ0v) is 29.1. The summed E-state index contributed by atoms with van der Waals surface area (Å²) in [6.45, 7) is 0. The van der Waals surface area contributed by atoms with Gasteiger partial charge in [-0.1, -0.05) is 164 Å². The fourth-order valence-electron chi connectivity index (χ4n) is 8.62. The van der Waals surface area contributed by atoms with Gasteiger partial charge in [0.15, 0.2) is 17.5 Å². The molecule has 54 heavy (non-hydrogen) atoms. The third kappa shape index (κ3) is 4.53. The molecule has 11 rings (SSSR count). The van der Waals surface area contributed by atoms with Crippen LogP contribution in [0.4, 0.5) is 0 Å². The second-order valence-corrected chi connectivity index (χ2v) is 13.9. The Morgan fingerprint density at radius 1 is 0.333 bits per heavy atom. The number of rotatable bonds is 4. The van der Waals surface area contributed by atoms with E-state index in [2.05, 4.69) is 152 Å². The van der Waals surface area contributed by atoms with E-state index >= 15 is 0 Å². The minimum Gasteiger partial charge on any atom is -0.457 e. The molecular formula is C50H31N3O. The average molecular weight is 690 g/mol. The molecule has 2 heterocycles. The van der Waals surface area contributed by atoms with E-state index in [1.807, 2.05) is 36.4 Å². The average Bonchev–Trinajstić information content (AvgIpc) is 3.54. The zero-order chi connectivity index (χ0) is 35.6. The first-order chi connectivity index (χ1) is 26.8. The molecular weight excluding hydrogens is 659 g/mol. The third-order valence-electron chi connectivity index (χ3n) is 11.0. The van der Waals surface area contributed by atoms with E-state index in [1.54, 1.807) is 0 Å². The molecule has 1 spiro atoms. The van der Waals surface area contributed by atoms with E-state index in [1.165, 1.54) is 38.6 Å². The molecule has 4 nitrogen and oxygen atoms in total. The lowest BCUT2D eigenvalue weighted by Crippen LogP contribution is -2.32. The Morgan fingerprint density at radius 2 is 0.833 bits per heavy atom. The predicted molar refractivity (Wildman–Crippen MR) is 216 cm³/mol. The van der Waals surface area contributed by atoms with E-state index < -0.39 is 5.41 Å². The molecule has 0 bridgehead atoms. The largest absolute Gasteiger partial charge is 0.457 e. The van der Waals surface area contributed by atoms with Gasteiger partial charge in [-0.3, -0.25) is 0 Å². The van der Waals surface area contributed by atoms with E-state index in [9.17, 15) is 0 Å². The molecule has 0 saturated heterocycles. The number of aromatic nitrogens is 3. The standard InChI is InChI=1S/C50H31N3O/c1-2-14-34(15-3-1)47-51-48(35-27-25-33(26-28-35)38-20-12-16-32-13-4-5-17-37(32)38)53-49(52-47)36-29-30-46-44(31-36)50(43-23-10-11-24-45(43)54-46)41-21-8-6-18-39(41)40-19-7-9-22-42(40)50/h1-31H. The van der Waals surface area contributed by atoms with Crippen LogP contribution in [-0.4, -0.2) is 15.0 Å². The van der Waals surface area contributed by atoms with Gasteiger partial charge >= 0.3 is 0 Å². The highest BCUT2D eigenvalue weighted by Gasteiger charge is 2.51. The number of benzene rings is 8. The van der Waals surface area contributed by atoms with Gasteiger partial charge in [0, 0.05) is 27.8 Å². The van der Waals surface area contributed by atoms with Crippen LogP contribution >= 0.6 is 0 Å². The van der Waals surface area contributed by atoms with Crippen LogP contribution in [0.1, 0.15) is 22.3 Å². The van der Waals surface area contributed by atoms with Crippen molar-refractivity contribution in [2.75, 3.05) is 0 Å². The Hall–Kier alpha value is -7.17. The van der Waals surface area contributed by atoms with Crippen molar-refractivity contribution in [1.82, 2.24) is 15.0 Å². The van der Waals surface area contributed by atoms with Crippen molar-refractivity contribution in [2.24, 2.45) is 0 Å². The monoisotopic (exact) mass is 689 g/mol. The molecule has 4 heteroatoms. The van der Waals surface area contributed by atoms with Crippen molar-refractivity contribution in [2.45, 2.75) is 5.41 Å². The van der Waals surface area contributed by atoms with Gasteiger partial charge in [0.1, 0.15) is 11.5 Å². The lowest BCUT2D eigenvalue weighted by molar-refractivity contribution is 0.436. The lowest BCUT2D eigenvalue weighted by Gasteiger charge is -2.39. The second kappa shape index (κ2) is 11.9. The molecule has 9 aromatic rings. The number of ether oxygens (including phenoxy) is 1. The minimum absolute atomic E-state index is 0.580. The topological polar surface area (TPSA) is 47.9 Å². The van der Waals surface area contributed by atoms with E-state index in [4.69, 9.17) is 19.7 Å². The summed E-state index contributed by atoms with van der Waals surface area (Å²) in [6, 6.07) is 66.0. The Balaban J connectivity index is 1.10. The number of hydrogen-bond donors (Lipinski definition) is 0. The first kappa shape index (κ1) is 30.5. The maximum atomic E-state index is 6.69. The van der Waals surface area contributed by atoms with E-state index in [0.717, 1.165) is 44.9 Å². The molecule has 0 radical (unpaired) electrons. The number of fused-ring (bicyclic) bond motifs is 10. The number of para-hydroxylation sites is 1. The van der Waals surface area contributed by atoms with E-state index in [0.29, 0.717) is 17.5 Å². The highest BCUT2D eigenvalue weighted by Crippen LogP contribution is 2.62. The SMILES string of the molecule is c1ccc(-c2nc(-c3ccc(-c4cccc5ccccc45)cc3)nc(-c3ccc4c(c3)C3(c5ccccc5O4)c4ccccc4-c4ccccc43)n2)cc1. The Bertz CT molecular complexity index is 2870. The molecule has 0 saturated carbocycles. The molecule has 1 aliphatic heterocycles. The highest BCUT2D eigenvalue weighted by atomic mass is 16.5. The van der Waals surface area contributed by atoms with Gasteiger partial charge in [-0.25, -0.2) is 15.0 Å². The normalized spacial score (nSPS) is 13.1. The molecule has 1 aliphatic carbocycles. The van der Waals surface area contributed by atoms with Crippen LogP contribution in [0.5, 0.6) is 11.5 Å². The summed E-state index contributed by atoms with van der Waals surface area (Å²) in [7, 11) is 0. The molecule has 0 unspecified atom stereocenters. The number of hydrogen-bond acceptors (Lipinski definition) is 4. The Labute approximate surface area is 313 Å². The smallest absolute Gasteiger partial charge is 0.164 e. The van der Waals surface area contributed by atoms with Crippen LogP contribution in [-0.2, 0) is 5.41 Å². The predicted octanol–water partition coefficient (Wildman–Crippen LogP) is 12.2. The van der Waals surface area contributed by atoms with Crippen molar-refractivity contribution in [1.29, 1.82) is 0 Å². The van der Waals surface area contributed by atoms with Crippen molar-refractivity contribution in [3.05, 3.63) is 210 Å². The second-order valence-electron chi connectivity index (χ2n) is 13.9. The quantitative estimate of drug-likeness (QED) is 0.185. The summed E-state index contributed by atoms with van der Waals surface area (Å²) in [5.74, 6) is 3.54. The maximum absolute atomic E-state index is 6.69. The molecule has 0 N–H and O–H groups in total. The van der Waals surface area contributed by atoms with Crippen LogP contribution < -0.4 is 4.74 Å². The van der Waals surface area contributed by atoms with Crippen molar-refractivity contribution >= 4 is 10.8 Å². The summed E-state index contributed by atoms with van der Waals surface area (Å²) in [6.07, 6.45) is 0. The molecule has 0 atom stereocenters. The maximum Gasteiger partial charge on any atom is 0.164 e. The molecule has 252 valence electrons. The lowest BCUT2D eigenvalue weighted by atomic mass is 9.66. The molecule has 8 aromatic carbocycles. The van der Waals surface area contributed by atoms with Crippen molar-refractivity contribution < 1.29 is 4.74 Å². The van der Waals surface area contributed by atoms with Crippen LogP contribution in [0.2, 0.25) is 0 Å². The van der Waals surface area contributed by atoms with Gasteiger partial charge in [0.2, 0.25) is 0 Å². The number of nitrogens with zero attached hydrogens (tertiary/aromatic N) is 3. The molecule has 1 aromatic heterocycles. The fraction of sp³-hybridized carbons (Fsp3) is 0.0200. The molecule has 0 fully saturated rings. The van der Waals surface area contributed by atoms with Gasteiger partial charge < -0.3 is 4.74 Å². The van der Waals surface area contributed by atoms with Gasteiger partial charge in [0.05, 0.1) is 5.41 Å². The third-order valence-corrected chi connectivity index (χ3v) is 11.0. The van der Waals surface area contributed by atoms with Crippen LogP contribution in [0.25, 0.3) is 67.2 Å². The summed E-state index contributed by atoms with van der Waals surface area (Å²) >= 11 is 0. The minimum atomic E-state index is -0.580. The van der Waals surface area contributed by atoms with Crippen molar-refractivity contribution in [3.63, 3.8) is 0 Å². The van der Waals surface area contributed by atoms with Gasteiger partial charge in [-0.2, -0.15) is 0 Å². The fourth-order valence-corrected chi connectivity index (χ4v) is 8.62. The Kier molecular flexibility index (Phi) is 6.73. The summed E-state index contributed by atoms with van der Waals surface area (Å²) < 4.78 is 6.69. The van der Waals surface area contributed by atoms with Gasteiger partial charge in [-0.15, -0.1) is 0 Å². The highest BCUT2D eigenvalue weighted by molar-refractivity contribution is 5.97. The Morgan fingerprint density at radius 3 is 1.57 bits per heavy atom. The van der Waals surface area contributed by atoms with Gasteiger partial charge in [0.25, 0.3) is 0 Å². The van der Waals surface area contributed by atoms with Crippen LogP contribution in [0, 0.1) is 0 Å². The summed E-state index contributed by atoms with van der Waals surface area (Å²) in [5.41, 5.74) is 11.7. The van der Waals surface area contributed by atoms with Gasteiger partial charge in [-0.05, 0) is 68.4 Å². The van der Waals surface area contributed by atoms with Crippen LogP contribution in [0.3, 0.4) is 0 Å². The van der Waals surface area contributed by atoms with Crippen LogP contribution in [0.15, 0.2) is 188 Å².